The Hall–Kier alpha value is -1.53. The molecule has 0 unspecified atom stereocenters. The summed E-state index contributed by atoms with van der Waals surface area (Å²) in [6.07, 6.45) is 1.42. The number of H-pyrrole nitrogens is 1. The standard InChI is InChI=1S/C11H9BrClN3O2/c12-8-5-16(11(18)15-10(8)17)4-6-3-7(14)1-2-9(6)13/h1-3,5H,4,14H2,(H,15,17,18). The summed E-state index contributed by atoms with van der Waals surface area (Å²) in [6.45, 7) is 0.234. The van der Waals surface area contributed by atoms with Crippen molar-refractivity contribution in [3.05, 3.63) is 60.3 Å². The molecule has 18 heavy (non-hydrogen) atoms. The molecule has 0 atom stereocenters. The number of aromatic amines is 1. The second-order valence-electron chi connectivity index (χ2n) is 3.72. The SMILES string of the molecule is Nc1ccc(Cl)c(Cn2cc(Br)c(=O)[nH]c2=O)c1. The summed E-state index contributed by atoms with van der Waals surface area (Å²) >= 11 is 9.08. The van der Waals surface area contributed by atoms with E-state index in [4.69, 9.17) is 17.3 Å². The maximum absolute atomic E-state index is 11.6. The third kappa shape index (κ3) is 2.65. The van der Waals surface area contributed by atoms with Crippen molar-refractivity contribution in [2.24, 2.45) is 0 Å². The van der Waals surface area contributed by atoms with Gasteiger partial charge in [0.1, 0.15) is 0 Å². The van der Waals surface area contributed by atoms with Gasteiger partial charge in [-0.2, -0.15) is 0 Å². The van der Waals surface area contributed by atoms with Crippen LogP contribution in [0.2, 0.25) is 5.02 Å². The summed E-state index contributed by atoms with van der Waals surface area (Å²) in [6, 6.07) is 5.03. The highest BCUT2D eigenvalue weighted by Crippen LogP contribution is 2.19. The first kappa shape index (κ1) is 12.9. The van der Waals surface area contributed by atoms with Crippen LogP contribution >= 0.6 is 27.5 Å². The quantitative estimate of drug-likeness (QED) is 0.820. The number of aromatic nitrogens is 2. The van der Waals surface area contributed by atoms with E-state index in [1.165, 1.54) is 10.8 Å². The average Bonchev–Trinajstić information content (AvgIpc) is 2.30. The molecule has 2 rings (SSSR count). The van der Waals surface area contributed by atoms with Crippen LogP contribution in [0.15, 0.2) is 38.5 Å². The minimum absolute atomic E-state index is 0.234. The number of hydrogen-bond acceptors (Lipinski definition) is 3. The number of benzene rings is 1. The maximum Gasteiger partial charge on any atom is 0.328 e. The van der Waals surface area contributed by atoms with Crippen LogP contribution in [-0.4, -0.2) is 9.55 Å². The van der Waals surface area contributed by atoms with E-state index in [-0.39, 0.29) is 11.0 Å². The van der Waals surface area contributed by atoms with Crippen LogP contribution in [0.3, 0.4) is 0 Å². The number of nitrogen functional groups attached to an aromatic ring is 1. The van der Waals surface area contributed by atoms with Gasteiger partial charge in [0.05, 0.1) is 11.0 Å². The van der Waals surface area contributed by atoms with Crippen molar-refractivity contribution < 1.29 is 0 Å². The summed E-state index contributed by atoms with van der Waals surface area (Å²) in [4.78, 5) is 25.0. The topological polar surface area (TPSA) is 80.9 Å². The highest BCUT2D eigenvalue weighted by molar-refractivity contribution is 9.10. The monoisotopic (exact) mass is 329 g/mol. The van der Waals surface area contributed by atoms with Crippen molar-refractivity contribution in [3.8, 4) is 0 Å². The van der Waals surface area contributed by atoms with Crippen molar-refractivity contribution in [3.63, 3.8) is 0 Å². The fraction of sp³-hybridized carbons (Fsp3) is 0.0909. The molecular formula is C11H9BrClN3O2. The second kappa shape index (κ2) is 4.99. The van der Waals surface area contributed by atoms with Crippen molar-refractivity contribution >= 4 is 33.2 Å². The molecule has 0 aliphatic carbocycles. The lowest BCUT2D eigenvalue weighted by molar-refractivity contribution is 0.716. The molecule has 7 heteroatoms. The molecule has 2 aromatic rings. The van der Waals surface area contributed by atoms with Crippen molar-refractivity contribution in [1.29, 1.82) is 0 Å². The lowest BCUT2D eigenvalue weighted by atomic mass is 10.2. The number of hydrogen-bond donors (Lipinski definition) is 2. The van der Waals surface area contributed by atoms with E-state index >= 15 is 0 Å². The predicted octanol–water partition coefficient (Wildman–Crippen LogP) is 1.58. The molecule has 1 heterocycles. The van der Waals surface area contributed by atoms with Gasteiger partial charge in [0.25, 0.3) is 5.56 Å². The van der Waals surface area contributed by atoms with Gasteiger partial charge in [-0.1, -0.05) is 11.6 Å². The lowest BCUT2D eigenvalue weighted by Crippen LogP contribution is -2.30. The summed E-state index contributed by atoms with van der Waals surface area (Å²) in [5.41, 5.74) is 5.97. The van der Waals surface area contributed by atoms with Gasteiger partial charge < -0.3 is 5.73 Å². The molecule has 0 saturated heterocycles. The summed E-state index contributed by atoms with van der Waals surface area (Å²) < 4.78 is 1.62. The van der Waals surface area contributed by atoms with E-state index in [0.29, 0.717) is 16.3 Å². The van der Waals surface area contributed by atoms with Crippen LogP contribution < -0.4 is 17.0 Å². The average molecular weight is 331 g/mol. The van der Waals surface area contributed by atoms with Crippen LogP contribution in [0.25, 0.3) is 0 Å². The van der Waals surface area contributed by atoms with Crippen LogP contribution in [-0.2, 0) is 6.54 Å². The molecule has 0 aliphatic rings. The van der Waals surface area contributed by atoms with E-state index in [9.17, 15) is 9.59 Å². The maximum atomic E-state index is 11.6. The third-order valence-corrected chi connectivity index (χ3v) is 3.31. The fourth-order valence-corrected chi connectivity index (χ4v) is 2.02. The molecule has 0 aliphatic heterocycles. The van der Waals surface area contributed by atoms with Crippen LogP contribution in [0, 0.1) is 0 Å². The Morgan fingerprint density at radius 1 is 1.39 bits per heavy atom. The van der Waals surface area contributed by atoms with Gasteiger partial charge in [0.15, 0.2) is 0 Å². The largest absolute Gasteiger partial charge is 0.399 e. The molecule has 0 radical (unpaired) electrons. The van der Waals surface area contributed by atoms with E-state index in [1.807, 2.05) is 0 Å². The molecule has 0 amide bonds. The van der Waals surface area contributed by atoms with Gasteiger partial charge in [0, 0.05) is 16.9 Å². The normalized spacial score (nSPS) is 10.6. The third-order valence-electron chi connectivity index (χ3n) is 2.38. The Labute approximate surface area is 115 Å². The van der Waals surface area contributed by atoms with E-state index in [0.717, 1.165) is 0 Å². The molecule has 1 aromatic heterocycles. The zero-order chi connectivity index (χ0) is 13.3. The molecule has 1 aromatic carbocycles. The van der Waals surface area contributed by atoms with Crippen LogP contribution in [0.4, 0.5) is 5.69 Å². The Balaban J connectivity index is 2.46. The van der Waals surface area contributed by atoms with Crippen molar-refractivity contribution in [2.45, 2.75) is 6.54 Å². The smallest absolute Gasteiger partial charge is 0.328 e. The molecule has 0 fully saturated rings. The van der Waals surface area contributed by atoms with Gasteiger partial charge in [-0.15, -0.1) is 0 Å². The van der Waals surface area contributed by atoms with Crippen LogP contribution in [0.5, 0.6) is 0 Å². The summed E-state index contributed by atoms with van der Waals surface area (Å²) in [5, 5.41) is 0.512. The Morgan fingerprint density at radius 2 is 2.11 bits per heavy atom. The first-order chi connectivity index (χ1) is 8.47. The summed E-state index contributed by atoms with van der Waals surface area (Å²) in [7, 11) is 0. The molecule has 0 spiro atoms. The number of anilines is 1. The second-order valence-corrected chi connectivity index (χ2v) is 4.98. The fourth-order valence-electron chi connectivity index (χ4n) is 1.50. The van der Waals surface area contributed by atoms with Crippen molar-refractivity contribution in [2.75, 3.05) is 5.73 Å². The van der Waals surface area contributed by atoms with E-state index in [1.54, 1.807) is 18.2 Å². The number of nitrogens with two attached hydrogens (primary N) is 1. The van der Waals surface area contributed by atoms with Gasteiger partial charge in [-0.3, -0.25) is 14.3 Å². The molecule has 3 N–H and O–H groups in total. The van der Waals surface area contributed by atoms with Gasteiger partial charge in [-0.25, -0.2) is 4.79 Å². The molecule has 0 bridgehead atoms. The minimum atomic E-state index is -0.498. The Morgan fingerprint density at radius 3 is 2.83 bits per heavy atom. The van der Waals surface area contributed by atoms with E-state index in [2.05, 4.69) is 20.9 Å². The first-order valence-corrected chi connectivity index (χ1v) is 6.17. The minimum Gasteiger partial charge on any atom is -0.399 e. The lowest BCUT2D eigenvalue weighted by Gasteiger charge is -2.08. The molecule has 0 saturated carbocycles. The Bertz CT molecular complexity index is 708. The number of nitrogens with zero attached hydrogens (tertiary/aromatic N) is 1. The Kier molecular flexibility index (Phi) is 3.58. The highest BCUT2D eigenvalue weighted by atomic mass is 79.9. The van der Waals surface area contributed by atoms with Crippen LogP contribution in [0.1, 0.15) is 5.56 Å². The van der Waals surface area contributed by atoms with E-state index < -0.39 is 11.2 Å². The first-order valence-electron chi connectivity index (χ1n) is 5.00. The number of nitrogens with one attached hydrogen (secondary N) is 1. The van der Waals surface area contributed by atoms with Gasteiger partial charge >= 0.3 is 5.69 Å². The molecule has 5 nitrogen and oxygen atoms in total. The zero-order valence-electron chi connectivity index (χ0n) is 9.11. The highest BCUT2D eigenvalue weighted by Gasteiger charge is 2.06. The number of rotatable bonds is 2. The number of halogens is 2. The zero-order valence-corrected chi connectivity index (χ0v) is 11.5. The van der Waals surface area contributed by atoms with Crippen molar-refractivity contribution in [1.82, 2.24) is 9.55 Å². The molecule has 94 valence electrons. The van der Waals surface area contributed by atoms with Gasteiger partial charge in [0.2, 0.25) is 0 Å². The van der Waals surface area contributed by atoms with Gasteiger partial charge in [-0.05, 0) is 39.7 Å². The summed E-state index contributed by atoms with van der Waals surface area (Å²) in [5.74, 6) is 0. The molecular weight excluding hydrogens is 321 g/mol. The predicted molar refractivity (Wildman–Crippen MR) is 74.0 cm³/mol.